The Hall–Kier alpha value is -0.940. The molecule has 0 aliphatic carbocycles. The van der Waals surface area contributed by atoms with Crippen LogP contribution in [0.25, 0.3) is 0 Å². The molecule has 1 N–H and O–H groups in total. The summed E-state index contributed by atoms with van der Waals surface area (Å²) in [7, 11) is -2.07. The lowest BCUT2D eigenvalue weighted by Crippen LogP contribution is -2.26. The molecular formula is C7H10NO3S+. The minimum absolute atomic E-state index is 0.326. The van der Waals surface area contributed by atoms with Gasteiger partial charge in [-0.1, -0.05) is 0 Å². The third-order valence-electron chi connectivity index (χ3n) is 1.40. The molecule has 0 saturated heterocycles. The minimum atomic E-state index is -3.90. The first-order valence-corrected chi connectivity index (χ1v) is 4.97. The van der Waals surface area contributed by atoms with Crippen molar-refractivity contribution >= 4 is 10.1 Å². The number of hydrogen-bond donors (Lipinski definition) is 1. The number of nitrogens with zero attached hydrogens (tertiary/aromatic N) is 1. The van der Waals surface area contributed by atoms with Crippen molar-refractivity contribution < 1.29 is 17.5 Å². The second-order valence-electron chi connectivity index (χ2n) is 2.60. The van der Waals surface area contributed by atoms with Gasteiger partial charge in [0.15, 0.2) is 12.4 Å². The molecule has 0 aromatic carbocycles. The fourth-order valence-corrected chi connectivity index (χ4v) is 1.45. The maximum absolute atomic E-state index is 10.4. The van der Waals surface area contributed by atoms with Gasteiger partial charge in [0.25, 0.3) is 10.1 Å². The minimum Gasteiger partial charge on any atom is -0.285 e. The van der Waals surface area contributed by atoms with Gasteiger partial charge in [0, 0.05) is 12.1 Å². The van der Waals surface area contributed by atoms with Crippen LogP contribution >= 0.6 is 0 Å². The molecule has 4 nitrogen and oxygen atoms in total. The van der Waals surface area contributed by atoms with Crippen molar-refractivity contribution in [2.75, 3.05) is 0 Å². The Morgan fingerprint density at radius 3 is 2.33 bits per heavy atom. The summed E-state index contributed by atoms with van der Waals surface area (Å²) >= 11 is 0. The largest absolute Gasteiger partial charge is 0.285 e. The van der Waals surface area contributed by atoms with E-state index in [1.807, 2.05) is 7.05 Å². The van der Waals surface area contributed by atoms with E-state index in [4.69, 9.17) is 4.55 Å². The van der Waals surface area contributed by atoms with Crippen molar-refractivity contribution in [1.29, 1.82) is 0 Å². The van der Waals surface area contributed by atoms with Gasteiger partial charge in [-0.3, -0.25) is 4.55 Å². The van der Waals surface area contributed by atoms with Crippen LogP contribution in [0.3, 0.4) is 0 Å². The average Bonchev–Trinajstić information content (AvgIpc) is 1.91. The Kier molecular flexibility index (Phi) is 2.44. The van der Waals surface area contributed by atoms with Crippen molar-refractivity contribution in [2.45, 2.75) is 5.75 Å². The van der Waals surface area contributed by atoms with Crippen LogP contribution in [0.1, 0.15) is 5.56 Å². The Bertz CT molecular complexity index is 355. The van der Waals surface area contributed by atoms with Crippen LogP contribution in [-0.2, 0) is 22.9 Å². The smallest absolute Gasteiger partial charge is 0.269 e. The van der Waals surface area contributed by atoms with Gasteiger partial charge in [-0.15, -0.1) is 0 Å². The lowest BCUT2D eigenvalue weighted by Gasteiger charge is -1.95. The summed E-state index contributed by atoms with van der Waals surface area (Å²) in [5.41, 5.74) is 0.579. The predicted molar refractivity (Wildman–Crippen MR) is 42.9 cm³/mol. The number of hydrogen-bond acceptors (Lipinski definition) is 2. The van der Waals surface area contributed by atoms with Gasteiger partial charge >= 0.3 is 0 Å². The van der Waals surface area contributed by atoms with Crippen molar-refractivity contribution in [3.63, 3.8) is 0 Å². The van der Waals surface area contributed by atoms with Crippen LogP contribution in [0.2, 0.25) is 0 Å². The highest BCUT2D eigenvalue weighted by molar-refractivity contribution is 7.85. The third kappa shape index (κ3) is 2.98. The van der Waals surface area contributed by atoms with E-state index in [1.165, 1.54) is 0 Å². The Morgan fingerprint density at radius 2 is 1.92 bits per heavy atom. The standard InChI is InChI=1S/C7H9NO3S/c1-8-4-2-7(3-5-8)6-12(9,10)11/h2-5H,6H2,1H3/p+1. The second-order valence-corrected chi connectivity index (χ2v) is 4.05. The van der Waals surface area contributed by atoms with E-state index in [2.05, 4.69) is 0 Å². The summed E-state index contributed by atoms with van der Waals surface area (Å²) < 4.78 is 31.2. The van der Waals surface area contributed by atoms with Gasteiger partial charge in [0.1, 0.15) is 12.8 Å². The van der Waals surface area contributed by atoms with Crippen LogP contribution in [0.15, 0.2) is 24.5 Å². The van der Waals surface area contributed by atoms with Gasteiger partial charge in [-0.05, 0) is 5.56 Å². The Balaban J connectivity index is 2.85. The molecule has 12 heavy (non-hydrogen) atoms. The fraction of sp³-hybridized carbons (Fsp3) is 0.286. The average molecular weight is 188 g/mol. The normalized spacial score (nSPS) is 11.5. The molecule has 0 amide bonds. The molecule has 1 rings (SSSR count). The van der Waals surface area contributed by atoms with Crippen LogP contribution in [0.4, 0.5) is 0 Å². The van der Waals surface area contributed by atoms with E-state index in [1.54, 1.807) is 29.1 Å². The number of rotatable bonds is 2. The molecule has 0 saturated carbocycles. The zero-order chi connectivity index (χ0) is 9.19. The summed E-state index contributed by atoms with van der Waals surface area (Å²) in [4.78, 5) is 0. The molecule has 66 valence electrons. The van der Waals surface area contributed by atoms with E-state index in [-0.39, 0.29) is 5.75 Å². The molecule has 1 heterocycles. The zero-order valence-electron chi connectivity index (χ0n) is 6.64. The number of aryl methyl sites for hydroxylation is 1. The summed E-state index contributed by atoms with van der Waals surface area (Å²) in [5, 5.41) is 0. The summed E-state index contributed by atoms with van der Waals surface area (Å²) in [5.74, 6) is -0.326. The van der Waals surface area contributed by atoms with Gasteiger partial charge in [-0.2, -0.15) is 8.42 Å². The molecule has 0 aliphatic heterocycles. The van der Waals surface area contributed by atoms with Crippen LogP contribution < -0.4 is 4.57 Å². The van der Waals surface area contributed by atoms with Gasteiger partial charge in [0.2, 0.25) is 0 Å². The lowest BCUT2D eigenvalue weighted by molar-refractivity contribution is -0.671. The molecule has 0 bridgehead atoms. The molecule has 0 spiro atoms. The van der Waals surface area contributed by atoms with Crippen molar-refractivity contribution in [1.82, 2.24) is 0 Å². The monoisotopic (exact) mass is 188 g/mol. The molecule has 5 heteroatoms. The molecule has 0 aliphatic rings. The highest BCUT2D eigenvalue weighted by Crippen LogP contribution is 2.00. The molecule has 0 fully saturated rings. The number of aromatic nitrogens is 1. The fourth-order valence-electron chi connectivity index (χ4n) is 0.839. The first-order valence-electron chi connectivity index (χ1n) is 3.37. The van der Waals surface area contributed by atoms with Gasteiger partial charge in [0.05, 0.1) is 0 Å². The van der Waals surface area contributed by atoms with Gasteiger partial charge in [-0.25, -0.2) is 4.57 Å². The highest BCUT2D eigenvalue weighted by Gasteiger charge is 2.06. The summed E-state index contributed by atoms with van der Waals surface area (Å²) in [6.45, 7) is 0. The summed E-state index contributed by atoms with van der Waals surface area (Å²) in [6.07, 6.45) is 3.45. The Morgan fingerprint density at radius 1 is 1.42 bits per heavy atom. The highest BCUT2D eigenvalue weighted by atomic mass is 32.2. The van der Waals surface area contributed by atoms with Crippen LogP contribution in [-0.4, -0.2) is 13.0 Å². The van der Waals surface area contributed by atoms with E-state index in [9.17, 15) is 8.42 Å². The van der Waals surface area contributed by atoms with E-state index in [0.717, 1.165) is 0 Å². The predicted octanol–water partition coefficient (Wildman–Crippen LogP) is -0.101. The maximum Gasteiger partial charge on any atom is 0.269 e. The third-order valence-corrected chi connectivity index (χ3v) is 2.09. The first kappa shape index (κ1) is 9.15. The zero-order valence-corrected chi connectivity index (χ0v) is 7.45. The van der Waals surface area contributed by atoms with Crippen molar-refractivity contribution in [2.24, 2.45) is 7.05 Å². The SMILES string of the molecule is C[n+]1ccc(CS(=O)(=O)O)cc1. The topological polar surface area (TPSA) is 58.2 Å². The van der Waals surface area contributed by atoms with E-state index < -0.39 is 10.1 Å². The van der Waals surface area contributed by atoms with Crippen LogP contribution in [0.5, 0.6) is 0 Å². The number of pyridine rings is 1. The first-order chi connectivity index (χ1) is 5.47. The van der Waals surface area contributed by atoms with Crippen molar-refractivity contribution in [3.05, 3.63) is 30.1 Å². The Labute approximate surface area is 71.2 Å². The van der Waals surface area contributed by atoms with Crippen LogP contribution in [0, 0.1) is 0 Å². The molecule has 0 unspecified atom stereocenters. The quantitative estimate of drug-likeness (QED) is 0.521. The molecule has 1 aromatic rings. The molecular weight excluding hydrogens is 178 g/mol. The lowest BCUT2D eigenvalue weighted by atomic mass is 10.3. The maximum atomic E-state index is 10.4. The second kappa shape index (κ2) is 3.20. The molecule has 1 aromatic heterocycles. The van der Waals surface area contributed by atoms with Crippen molar-refractivity contribution in [3.8, 4) is 0 Å². The molecule has 0 radical (unpaired) electrons. The molecule has 0 atom stereocenters. The van der Waals surface area contributed by atoms with Gasteiger partial charge < -0.3 is 0 Å². The van der Waals surface area contributed by atoms with E-state index in [0.29, 0.717) is 5.56 Å². The summed E-state index contributed by atoms with van der Waals surface area (Å²) in [6, 6.07) is 3.29. The van der Waals surface area contributed by atoms with E-state index >= 15 is 0 Å².